The monoisotopic (exact) mass is 313 g/mol. The van der Waals surface area contributed by atoms with Crippen molar-refractivity contribution in [3.8, 4) is 0 Å². The Morgan fingerprint density at radius 1 is 1.32 bits per heavy atom. The van der Waals surface area contributed by atoms with Crippen molar-refractivity contribution in [2.75, 3.05) is 16.9 Å². The van der Waals surface area contributed by atoms with Crippen LogP contribution < -0.4 is 10.6 Å². The fraction of sp³-hybridized carbons (Fsp3) is 0.188. The molecule has 1 aliphatic heterocycles. The lowest BCUT2D eigenvalue weighted by Crippen LogP contribution is -2.19. The zero-order valence-electron chi connectivity index (χ0n) is 12.1. The van der Waals surface area contributed by atoms with Gasteiger partial charge in [-0.05, 0) is 48.6 Å². The molecule has 1 aromatic heterocycles. The highest BCUT2D eigenvalue weighted by Crippen LogP contribution is 2.26. The number of anilines is 2. The van der Waals surface area contributed by atoms with E-state index in [1.54, 1.807) is 24.4 Å². The average molecular weight is 313 g/mol. The lowest BCUT2D eigenvalue weighted by Gasteiger charge is -2.18. The minimum Gasteiger partial charge on any atom is -0.326 e. The number of aromatic nitrogens is 1. The second-order valence-electron chi connectivity index (χ2n) is 4.93. The van der Waals surface area contributed by atoms with Gasteiger partial charge in [0.2, 0.25) is 5.91 Å². The van der Waals surface area contributed by atoms with Gasteiger partial charge < -0.3 is 10.6 Å². The zero-order chi connectivity index (χ0) is 15.5. The average Bonchev–Trinajstić information content (AvgIpc) is 2.55. The summed E-state index contributed by atoms with van der Waals surface area (Å²) in [6, 6.07) is 9.02. The second kappa shape index (κ2) is 6.19. The normalized spacial score (nSPS) is 13.2. The number of nitrogens with one attached hydrogen (secondary N) is 2. The lowest BCUT2D eigenvalue weighted by atomic mass is 10.0. The number of thioether (sulfide) groups is 1. The third kappa shape index (κ3) is 2.96. The first-order valence-electron chi connectivity index (χ1n) is 6.90. The summed E-state index contributed by atoms with van der Waals surface area (Å²) in [6.45, 7) is 0. The third-order valence-electron chi connectivity index (χ3n) is 3.47. The van der Waals surface area contributed by atoms with Crippen LogP contribution in [-0.2, 0) is 11.2 Å². The van der Waals surface area contributed by atoms with Gasteiger partial charge in [0.05, 0.1) is 5.56 Å². The van der Waals surface area contributed by atoms with E-state index in [2.05, 4.69) is 15.6 Å². The van der Waals surface area contributed by atoms with Gasteiger partial charge in [-0.15, -0.1) is 11.8 Å². The number of amides is 2. The summed E-state index contributed by atoms with van der Waals surface area (Å²) in [6.07, 6.45) is 4.72. The number of rotatable bonds is 3. The molecule has 0 saturated carbocycles. The first-order chi connectivity index (χ1) is 10.7. The summed E-state index contributed by atoms with van der Waals surface area (Å²) in [5, 5.41) is 6.41. The molecule has 0 fully saturated rings. The van der Waals surface area contributed by atoms with Gasteiger partial charge in [-0.3, -0.25) is 9.59 Å². The molecule has 5 nitrogen and oxygen atoms in total. The van der Waals surface area contributed by atoms with Crippen LogP contribution >= 0.6 is 11.8 Å². The number of benzene rings is 1. The molecule has 2 aromatic rings. The van der Waals surface area contributed by atoms with E-state index < -0.39 is 0 Å². The molecule has 22 heavy (non-hydrogen) atoms. The van der Waals surface area contributed by atoms with Crippen LogP contribution in [0.1, 0.15) is 22.3 Å². The van der Waals surface area contributed by atoms with Gasteiger partial charge in [0.1, 0.15) is 5.03 Å². The van der Waals surface area contributed by atoms with Crippen LogP contribution in [0, 0.1) is 0 Å². The molecular weight excluding hydrogens is 298 g/mol. The number of nitrogens with zero attached hydrogens (tertiary/aromatic N) is 1. The van der Waals surface area contributed by atoms with E-state index in [9.17, 15) is 9.59 Å². The fourth-order valence-corrected chi connectivity index (χ4v) is 2.93. The van der Waals surface area contributed by atoms with Crippen LogP contribution in [0.3, 0.4) is 0 Å². The van der Waals surface area contributed by atoms with E-state index in [1.807, 2.05) is 18.4 Å². The van der Waals surface area contributed by atoms with Crippen LogP contribution in [0.4, 0.5) is 11.4 Å². The molecule has 112 valence electrons. The van der Waals surface area contributed by atoms with E-state index in [0.29, 0.717) is 23.4 Å². The minimum absolute atomic E-state index is 0.0317. The highest BCUT2D eigenvalue weighted by atomic mass is 32.2. The molecule has 0 bridgehead atoms. The van der Waals surface area contributed by atoms with Crippen LogP contribution in [-0.4, -0.2) is 23.1 Å². The van der Waals surface area contributed by atoms with E-state index in [1.165, 1.54) is 11.8 Å². The van der Waals surface area contributed by atoms with E-state index in [4.69, 9.17) is 0 Å². The summed E-state index contributed by atoms with van der Waals surface area (Å²) in [7, 11) is 0. The van der Waals surface area contributed by atoms with Gasteiger partial charge >= 0.3 is 0 Å². The van der Waals surface area contributed by atoms with E-state index in [0.717, 1.165) is 16.9 Å². The van der Waals surface area contributed by atoms with Gasteiger partial charge in [-0.2, -0.15) is 0 Å². The van der Waals surface area contributed by atoms with Gasteiger partial charge in [0.15, 0.2) is 0 Å². The minimum atomic E-state index is -0.183. The molecule has 0 radical (unpaired) electrons. The summed E-state index contributed by atoms with van der Waals surface area (Å²) in [4.78, 5) is 27.9. The summed E-state index contributed by atoms with van der Waals surface area (Å²) >= 11 is 1.44. The Kier molecular flexibility index (Phi) is 4.11. The number of carbonyl (C=O) groups is 2. The van der Waals surface area contributed by atoms with Crippen molar-refractivity contribution in [2.24, 2.45) is 0 Å². The fourth-order valence-electron chi connectivity index (χ4n) is 2.39. The van der Waals surface area contributed by atoms with E-state index in [-0.39, 0.29) is 11.8 Å². The molecule has 0 saturated heterocycles. The Bertz CT molecular complexity index is 746. The quantitative estimate of drug-likeness (QED) is 0.855. The summed E-state index contributed by atoms with van der Waals surface area (Å²) < 4.78 is 0. The summed E-state index contributed by atoms with van der Waals surface area (Å²) in [5.74, 6) is -0.151. The maximum atomic E-state index is 12.4. The highest BCUT2D eigenvalue weighted by molar-refractivity contribution is 7.98. The number of hydrogen-bond donors (Lipinski definition) is 2. The lowest BCUT2D eigenvalue weighted by molar-refractivity contribution is -0.116. The van der Waals surface area contributed by atoms with Crippen molar-refractivity contribution < 1.29 is 9.59 Å². The largest absolute Gasteiger partial charge is 0.326 e. The number of fused-ring (bicyclic) bond motifs is 1. The van der Waals surface area contributed by atoms with Crippen LogP contribution in [0.15, 0.2) is 41.6 Å². The van der Waals surface area contributed by atoms with E-state index >= 15 is 0 Å². The molecule has 2 N–H and O–H groups in total. The number of carbonyl (C=O) groups excluding carboxylic acids is 2. The molecule has 1 aromatic carbocycles. The molecular formula is C16H15N3O2S. The molecule has 0 atom stereocenters. The molecule has 6 heteroatoms. The van der Waals surface area contributed by atoms with Crippen molar-refractivity contribution in [1.29, 1.82) is 0 Å². The number of pyridine rings is 1. The van der Waals surface area contributed by atoms with Crippen molar-refractivity contribution in [3.05, 3.63) is 47.7 Å². The van der Waals surface area contributed by atoms with Crippen LogP contribution in [0.2, 0.25) is 0 Å². The Balaban J connectivity index is 1.81. The molecule has 0 aliphatic carbocycles. The maximum Gasteiger partial charge on any atom is 0.258 e. The van der Waals surface area contributed by atoms with Gasteiger partial charge in [0, 0.05) is 24.0 Å². The summed E-state index contributed by atoms with van der Waals surface area (Å²) in [5.41, 5.74) is 3.13. The molecule has 2 amide bonds. The van der Waals surface area contributed by atoms with Gasteiger partial charge in [-0.25, -0.2) is 4.98 Å². The van der Waals surface area contributed by atoms with Gasteiger partial charge in [-0.1, -0.05) is 0 Å². The predicted molar refractivity (Wildman–Crippen MR) is 87.4 cm³/mol. The smallest absolute Gasteiger partial charge is 0.258 e. The third-order valence-corrected chi connectivity index (χ3v) is 4.18. The molecule has 3 rings (SSSR count). The standard InChI is InChI=1S/C16H15N3O2S/c1-22-16-12(3-2-8-17-16)15(21)18-11-5-6-13-10(9-11)4-7-14(20)19-13/h2-3,5-6,8-9H,4,7H2,1H3,(H,18,21)(H,19,20). The highest BCUT2D eigenvalue weighted by Gasteiger charge is 2.16. The van der Waals surface area contributed by atoms with Crippen molar-refractivity contribution >= 4 is 35.0 Å². The topological polar surface area (TPSA) is 71.1 Å². The Morgan fingerprint density at radius 2 is 2.18 bits per heavy atom. The molecule has 2 heterocycles. The first kappa shape index (κ1) is 14.6. The van der Waals surface area contributed by atoms with Crippen molar-refractivity contribution in [3.63, 3.8) is 0 Å². The molecule has 0 unspecified atom stereocenters. The number of aryl methyl sites for hydroxylation is 1. The predicted octanol–water partition coefficient (Wildman–Crippen LogP) is 2.94. The van der Waals surface area contributed by atoms with Crippen LogP contribution in [0.25, 0.3) is 0 Å². The SMILES string of the molecule is CSc1ncccc1C(=O)Nc1ccc2c(c1)CCC(=O)N2. The number of hydrogen-bond acceptors (Lipinski definition) is 4. The van der Waals surface area contributed by atoms with Crippen molar-refractivity contribution in [2.45, 2.75) is 17.9 Å². The molecule has 1 aliphatic rings. The Morgan fingerprint density at radius 3 is 3.00 bits per heavy atom. The Labute approximate surface area is 132 Å². The first-order valence-corrected chi connectivity index (χ1v) is 8.13. The Hall–Kier alpha value is -2.34. The zero-order valence-corrected chi connectivity index (χ0v) is 12.9. The molecule has 0 spiro atoms. The van der Waals surface area contributed by atoms with Crippen molar-refractivity contribution in [1.82, 2.24) is 4.98 Å². The second-order valence-corrected chi connectivity index (χ2v) is 5.73. The van der Waals surface area contributed by atoms with Crippen LogP contribution in [0.5, 0.6) is 0 Å². The van der Waals surface area contributed by atoms with Gasteiger partial charge in [0.25, 0.3) is 5.91 Å². The maximum absolute atomic E-state index is 12.4.